The first-order valence-electron chi connectivity index (χ1n) is 10.5. The molecule has 164 valence electrons. The molecule has 0 radical (unpaired) electrons. The third kappa shape index (κ3) is 4.58. The number of fused-ring (bicyclic) bond motifs is 2. The van der Waals surface area contributed by atoms with Crippen LogP contribution in [-0.2, 0) is 19.6 Å². The molecule has 0 heterocycles. The van der Waals surface area contributed by atoms with E-state index in [2.05, 4.69) is 10.0 Å². The summed E-state index contributed by atoms with van der Waals surface area (Å²) in [7, 11) is -2.41. The second-order valence-corrected chi connectivity index (χ2v) is 9.90. The van der Waals surface area contributed by atoms with Gasteiger partial charge in [-0.15, -0.1) is 0 Å². The maximum atomic E-state index is 12.9. The zero-order valence-electron chi connectivity index (χ0n) is 17.3. The van der Waals surface area contributed by atoms with Gasteiger partial charge in [0.2, 0.25) is 5.91 Å². The van der Waals surface area contributed by atoms with E-state index in [1.165, 1.54) is 19.2 Å². The monoisotopic (exact) mass is 442 g/mol. The first-order chi connectivity index (χ1) is 14.9. The molecule has 2 aromatic carbocycles. The highest BCUT2D eigenvalue weighted by molar-refractivity contribution is 7.92. The van der Waals surface area contributed by atoms with E-state index in [1.807, 2.05) is 0 Å². The van der Waals surface area contributed by atoms with Crippen molar-refractivity contribution in [1.82, 2.24) is 0 Å². The van der Waals surface area contributed by atoms with Crippen LogP contribution in [0.4, 0.5) is 11.4 Å². The van der Waals surface area contributed by atoms with Gasteiger partial charge in [0.15, 0.2) is 0 Å². The molecule has 1 amide bonds. The Labute approximate surface area is 182 Å². The van der Waals surface area contributed by atoms with Gasteiger partial charge in [-0.25, -0.2) is 8.42 Å². The van der Waals surface area contributed by atoms with Crippen molar-refractivity contribution in [2.75, 3.05) is 17.1 Å². The summed E-state index contributed by atoms with van der Waals surface area (Å²) in [6.45, 7) is 0. The van der Waals surface area contributed by atoms with Crippen LogP contribution < -0.4 is 14.8 Å². The number of carbonyl (C=O) groups is 2. The molecule has 2 bridgehead atoms. The van der Waals surface area contributed by atoms with Crippen LogP contribution in [0.3, 0.4) is 0 Å². The summed E-state index contributed by atoms with van der Waals surface area (Å²) in [5.74, 6) is 0.315. The minimum atomic E-state index is -3.87. The molecule has 2 aromatic rings. The van der Waals surface area contributed by atoms with Gasteiger partial charge in [0.1, 0.15) is 11.5 Å². The number of amides is 1. The fourth-order valence-corrected chi connectivity index (χ4v) is 5.73. The fourth-order valence-electron chi connectivity index (χ4n) is 4.61. The number of nitrogens with one attached hydrogen (secondary N) is 2. The molecule has 1 unspecified atom stereocenters. The van der Waals surface area contributed by atoms with E-state index >= 15 is 0 Å². The maximum absolute atomic E-state index is 12.9. The van der Waals surface area contributed by atoms with Gasteiger partial charge in [-0.2, -0.15) is 0 Å². The molecule has 31 heavy (non-hydrogen) atoms. The third-order valence-corrected chi connectivity index (χ3v) is 7.55. The number of carbonyl (C=O) groups excluding carboxylic acids is 2. The summed E-state index contributed by atoms with van der Waals surface area (Å²) < 4.78 is 33.5. The Hall–Kier alpha value is -2.87. The van der Waals surface area contributed by atoms with E-state index in [0.717, 1.165) is 19.3 Å². The Morgan fingerprint density at radius 3 is 2.45 bits per heavy atom. The summed E-state index contributed by atoms with van der Waals surface area (Å²) in [6, 6.07) is 12.9. The summed E-state index contributed by atoms with van der Waals surface area (Å²) in [5, 5.41) is 2.85. The number of para-hydroxylation sites is 2. The number of Topliss-reactive ketones (excluding diaryl/α,β-unsaturated/α-hetero) is 1. The zero-order valence-corrected chi connectivity index (χ0v) is 18.2. The SMILES string of the molecule is COc1ccccc1NS(=O)(=O)c1cccc(NC(=O)C2C[C@H]3CCC[C@@H](C2)C3=O)c1. The quantitative estimate of drug-likeness (QED) is 0.708. The molecule has 2 saturated carbocycles. The van der Waals surface area contributed by atoms with E-state index < -0.39 is 10.0 Å². The van der Waals surface area contributed by atoms with Crippen LogP contribution in [0.5, 0.6) is 5.75 Å². The number of ketones is 1. The van der Waals surface area contributed by atoms with Crippen molar-refractivity contribution in [3.05, 3.63) is 48.5 Å². The number of sulfonamides is 1. The lowest BCUT2D eigenvalue weighted by molar-refractivity contribution is -0.136. The standard InChI is InChI=1S/C23H26N2O5S/c1-30-21-11-3-2-10-20(21)25-31(28,29)19-9-5-8-18(14-19)24-23(27)17-12-15-6-4-7-16(13-17)22(15)26/h2-3,5,8-11,14-17,25H,4,6-7,12-13H2,1H3,(H,24,27)/t15-,16+,17?. The van der Waals surface area contributed by atoms with Gasteiger partial charge in [0.25, 0.3) is 10.0 Å². The summed E-state index contributed by atoms with van der Waals surface area (Å²) in [6.07, 6.45) is 3.93. The van der Waals surface area contributed by atoms with Crippen LogP contribution in [0, 0.1) is 17.8 Å². The minimum Gasteiger partial charge on any atom is -0.495 e. The van der Waals surface area contributed by atoms with Gasteiger partial charge in [0.05, 0.1) is 17.7 Å². The van der Waals surface area contributed by atoms with Crippen molar-refractivity contribution >= 4 is 33.1 Å². The number of hydrogen-bond acceptors (Lipinski definition) is 5. The second-order valence-electron chi connectivity index (χ2n) is 8.22. The van der Waals surface area contributed by atoms with Gasteiger partial charge in [-0.05, 0) is 56.0 Å². The minimum absolute atomic E-state index is 0.0139. The molecule has 0 saturated heterocycles. The number of rotatable bonds is 6. The van der Waals surface area contributed by atoms with Crippen LogP contribution in [0.1, 0.15) is 32.1 Å². The van der Waals surface area contributed by atoms with Crippen molar-refractivity contribution in [2.24, 2.45) is 17.8 Å². The van der Waals surface area contributed by atoms with Gasteiger partial charge in [-0.3, -0.25) is 14.3 Å². The fraction of sp³-hybridized carbons (Fsp3) is 0.391. The molecule has 4 rings (SSSR count). The molecular formula is C23H26N2O5S. The molecule has 0 aromatic heterocycles. The predicted molar refractivity (Wildman–Crippen MR) is 117 cm³/mol. The first kappa shape index (κ1) is 21.4. The molecule has 3 atom stereocenters. The maximum Gasteiger partial charge on any atom is 0.262 e. The topological polar surface area (TPSA) is 102 Å². The molecule has 8 heteroatoms. The molecule has 2 aliphatic rings. The molecule has 2 fully saturated rings. The summed E-state index contributed by atoms with van der Waals surface area (Å²) >= 11 is 0. The number of methoxy groups -OCH3 is 1. The smallest absolute Gasteiger partial charge is 0.262 e. The second kappa shape index (κ2) is 8.70. The van der Waals surface area contributed by atoms with Crippen molar-refractivity contribution in [2.45, 2.75) is 37.0 Å². The average molecular weight is 443 g/mol. The predicted octanol–water partition coefficient (Wildman–Crippen LogP) is 3.83. The number of ether oxygens (including phenoxy) is 1. The lowest BCUT2D eigenvalue weighted by Gasteiger charge is -2.36. The third-order valence-electron chi connectivity index (χ3n) is 6.18. The average Bonchev–Trinajstić information content (AvgIpc) is 2.74. The van der Waals surface area contributed by atoms with Crippen molar-refractivity contribution < 1.29 is 22.7 Å². The number of benzene rings is 2. The van der Waals surface area contributed by atoms with E-state index in [9.17, 15) is 18.0 Å². The van der Waals surface area contributed by atoms with E-state index in [0.29, 0.717) is 35.7 Å². The lowest BCUT2D eigenvalue weighted by atomic mass is 9.67. The molecular weight excluding hydrogens is 416 g/mol. The Kier molecular flexibility index (Phi) is 6.00. The van der Waals surface area contributed by atoms with Crippen LogP contribution in [-0.4, -0.2) is 27.2 Å². The van der Waals surface area contributed by atoms with Crippen LogP contribution >= 0.6 is 0 Å². The largest absolute Gasteiger partial charge is 0.495 e. The zero-order chi connectivity index (χ0) is 22.0. The Morgan fingerprint density at radius 1 is 1.03 bits per heavy atom. The lowest BCUT2D eigenvalue weighted by Crippen LogP contribution is -2.40. The highest BCUT2D eigenvalue weighted by Crippen LogP contribution is 2.40. The summed E-state index contributed by atoms with van der Waals surface area (Å²) in [4.78, 5) is 25.1. The Morgan fingerprint density at radius 2 is 1.74 bits per heavy atom. The Balaban J connectivity index is 1.48. The van der Waals surface area contributed by atoms with E-state index in [-0.39, 0.29) is 28.6 Å². The van der Waals surface area contributed by atoms with E-state index in [4.69, 9.17) is 4.74 Å². The van der Waals surface area contributed by atoms with Crippen LogP contribution in [0.25, 0.3) is 0 Å². The molecule has 2 aliphatic carbocycles. The van der Waals surface area contributed by atoms with Crippen molar-refractivity contribution in [3.8, 4) is 5.75 Å². The van der Waals surface area contributed by atoms with Gasteiger partial charge in [-0.1, -0.05) is 24.6 Å². The van der Waals surface area contributed by atoms with E-state index in [1.54, 1.807) is 36.4 Å². The van der Waals surface area contributed by atoms with Crippen LogP contribution in [0.15, 0.2) is 53.4 Å². The normalized spacial score (nSPS) is 23.1. The van der Waals surface area contributed by atoms with Gasteiger partial charge in [0, 0.05) is 23.4 Å². The van der Waals surface area contributed by atoms with Gasteiger partial charge < -0.3 is 10.1 Å². The highest BCUT2D eigenvalue weighted by atomic mass is 32.2. The molecule has 0 spiro atoms. The molecule has 7 nitrogen and oxygen atoms in total. The first-order valence-corrected chi connectivity index (χ1v) is 12.0. The Bertz CT molecular complexity index is 1080. The van der Waals surface area contributed by atoms with Crippen LogP contribution in [0.2, 0.25) is 0 Å². The van der Waals surface area contributed by atoms with Gasteiger partial charge >= 0.3 is 0 Å². The van der Waals surface area contributed by atoms with Crippen molar-refractivity contribution in [3.63, 3.8) is 0 Å². The number of anilines is 2. The number of hydrogen-bond donors (Lipinski definition) is 2. The highest BCUT2D eigenvalue weighted by Gasteiger charge is 2.41. The summed E-state index contributed by atoms with van der Waals surface area (Å²) in [5.41, 5.74) is 0.743. The molecule has 2 N–H and O–H groups in total. The molecule has 0 aliphatic heterocycles. The van der Waals surface area contributed by atoms with Crippen molar-refractivity contribution in [1.29, 1.82) is 0 Å².